The van der Waals surface area contributed by atoms with Crippen LogP contribution in [0.4, 0.5) is 0 Å². The Morgan fingerprint density at radius 1 is 1.42 bits per heavy atom. The molecule has 2 N–H and O–H groups in total. The van der Waals surface area contributed by atoms with Crippen molar-refractivity contribution in [2.24, 2.45) is 5.73 Å². The van der Waals surface area contributed by atoms with Gasteiger partial charge in [-0.1, -0.05) is 19.4 Å². The minimum atomic E-state index is -0.0245. The predicted molar refractivity (Wildman–Crippen MR) is 80.7 cm³/mol. The van der Waals surface area contributed by atoms with Crippen molar-refractivity contribution in [3.63, 3.8) is 0 Å². The molecule has 2 rings (SSSR count). The van der Waals surface area contributed by atoms with Crippen molar-refractivity contribution in [2.75, 3.05) is 7.11 Å². The molecule has 0 saturated heterocycles. The lowest BCUT2D eigenvalue weighted by molar-refractivity contribution is 0.416. The SMILES string of the molecule is CCCc1ccc(OC)c(-c2csc(C(C)N)n2)c1. The summed E-state index contributed by atoms with van der Waals surface area (Å²) in [5.74, 6) is 0.862. The van der Waals surface area contributed by atoms with Gasteiger partial charge in [-0.05, 0) is 31.0 Å². The second kappa shape index (κ2) is 6.17. The van der Waals surface area contributed by atoms with Gasteiger partial charge < -0.3 is 10.5 Å². The molecule has 0 aliphatic rings. The van der Waals surface area contributed by atoms with Crippen LogP contribution in [0.15, 0.2) is 23.6 Å². The van der Waals surface area contributed by atoms with E-state index in [4.69, 9.17) is 10.5 Å². The number of aromatic nitrogens is 1. The molecule has 102 valence electrons. The molecule has 0 aliphatic carbocycles. The summed E-state index contributed by atoms with van der Waals surface area (Å²) in [6.45, 7) is 4.13. The number of aryl methyl sites for hydroxylation is 1. The van der Waals surface area contributed by atoms with Gasteiger partial charge in [0.05, 0.1) is 18.8 Å². The average Bonchev–Trinajstić information content (AvgIpc) is 2.88. The van der Waals surface area contributed by atoms with E-state index in [0.717, 1.165) is 34.9 Å². The van der Waals surface area contributed by atoms with E-state index in [1.54, 1.807) is 18.4 Å². The van der Waals surface area contributed by atoms with Gasteiger partial charge in [0.25, 0.3) is 0 Å². The van der Waals surface area contributed by atoms with Crippen LogP contribution in [-0.4, -0.2) is 12.1 Å². The minimum absolute atomic E-state index is 0.0245. The van der Waals surface area contributed by atoms with Gasteiger partial charge in [0.15, 0.2) is 0 Å². The summed E-state index contributed by atoms with van der Waals surface area (Å²) in [7, 11) is 1.69. The fraction of sp³-hybridized carbons (Fsp3) is 0.400. The fourth-order valence-electron chi connectivity index (χ4n) is 2.02. The first-order chi connectivity index (χ1) is 9.15. The maximum Gasteiger partial charge on any atom is 0.128 e. The summed E-state index contributed by atoms with van der Waals surface area (Å²) in [6.07, 6.45) is 2.20. The molecule has 2 aromatic rings. The number of nitrogens with zero attached hydrogens (tertiary/aromatic N) is 1. The van der Waals surface area contributed by atoms with Crippen molar-refractivity contribution >= 4 is 11.3 Å². The van der Waals surface area contributed by atoms with Crippen LogP contribution < -0.4 is 10.5 Å². The summed E-state index contributed by atoms with van der Waals surface area (Å²) < 4.78 is 5.44. The van der Waals surface area contributed by atoms with Crippen LogP contribution in [0.3, 0.4) is 0 Å². The summed E-state index contributed by atoms with van der Waals surface area (Å²) in [5.41, 5.74) is 9.19. The van der Waals surface area contributed by atoms with Gasteiger partial charge in [0, 0.05) is 10.9 Å². The Morgan fingerprint density at radius 2 is 2.21 bits per heavy atom. The Labute approximate surface area is 118 Å². The zero-order valence-corrected chi connectivity index (χ0v) is 12.5. The topological polar surface area (TPSA) is 48.1 Å². The standard InChI is InChI=1S/C15H20N2OS/c1-4-5-11-6-7-14(18-3)12(8-11)13-9-19-15(17-13)10(2)16/h6-10H,4-5,16H2,1-3H3. The van der Waals surface area contributed by atoms with Crippen LogP contribution in [0.1, 0.15) is 36.9 Å². The molecule has 4 heteroatoms. The van der Waals surface area contributed by atoms with Crippen LogP contribution in [0.25, 0.3) is 11.3 Å². The van der Waals surface area contributed by atoms with E-state index in [1.807, 2.05) is 18.4 Å². The molecule has 1 aromatic carbocycles. The molecule has 3 nitrogen and oxygen atoms in total. The second-order valence-electron chi connectivity index (χ2n) is 4.64. The van der Waals surface area contributed by atoms with Gasteiger partial charge in [-0.25, -0.2) is 4.98 Å². The average molecular weight is 276 g/mol. The molecule has 0 saturated carbocycles. The van der Waals surface area contributed by atoms with Crippen molar-refractivity contribution in [1.29, 1.82) is 0 Å². The molecule has 1 unspecified atom stereocenters. The van der Waals surface area contributed by atoms with Crippen molar-refractivity contribution in [3.8, 4) is 17.0 Å². The van der Waals surface area contributed by atoms with E-state index in [0.29, 0.717) is 0 Å². The second-order valence-corrected chi connectivity index (χ2v) is 5.53. The normalized spacial score (nSPS) is 12.4. The van der Waals surface area contributed by atoms with Gasteiger partial charge in [0.1, 0.15) is 10.8 Å². The van der Waals surface area contributed by atoms with Crippen molar-refractivity contribution in [2.45, 2.75) is 32.7 Å². The van der Waals surface area contributed by atoms with E-state index >= 15 is 0 Å². The third kappa shape index (κ3) is 3.14. The van der Waals surface area contributed by atoms with Gasteiger partial charge in [-0.2, -0.15) is 0 Å². The third-order valence-corrected chi connectivity index (χ3v) is 4.04. The summed E-state index contributed by atoms with van der Waals surface area (Å²) in [4.78, 5) is 4.60. The maximum absolute atomic E-state index is 5.87. The molecule has 19 heavy (non-hydrogen) atoms. The lowest BCUT2D eigenvalue weighted by Crippen LogP contribution is -2.04. The summed E-state index contributed by atoms with van der Waals surface area (Å²) >= 11 is 1.60. The molecule has 0 fully saturated rings. The van der Waals surface area contributed by atoms with Crippen molar-refractivity contribution in [3.05, 3.63) is 34.2 Å². The molecule has 0 spiro atoms. The lowest BCUT2D eigenvalue weighted by Gasteiger charge is -2.09. The third-order valence-electron chi connectivity index (χ3n) is 2.99. The van der Waals surface area contributed by atoms with Gasteiger partial charge in [0.2, 0.25) is 0 Å². The molecular weight excluding hydrogens is 256 g/mol. The number of hydrogen-bond donors (Lipinski definition) is 1. The summed E-state index contributed by atoms with van der Waals surface area (Å²) in [6, 6.07) is 6.28. The molecule has 1 heterocycles. The van der Waals surface area contributed by atoms with Crippen LogP contribution in [0.5, 0.6) is 5.75 Å². The Morgan fingerprint density at radius 3 is 2.79 bits per heavy atom. The molecule has 0 aliphatic heterocycles. The first-order valence-corrected chi connectivity index (χ1v) is 7.42. The van der Waals surface area contributed by atoms with E-state index in [2.05, 4.69) is 24.0 Å². The number of benzene rings is 1. The smallest absolute Gasteiger partial charge is 0.128 e. The largest absolute Gasteiger partial charge is 0.496 e. The quantitative estimate of drug-likeness (QED) is 0.903. The lowest BCUT2D eigenvalue weighted by atomic mass is 10.0. The monoisotopic (exact) mass is 276 g/mol. The number of rotatable bonds is 5. The van der Waals surface area contributed by atoms with E-state index in [1.165, 1.54) is 5.56 Å². The number of methoxy groups -OCH3 is 1. The number of hydrogen-bond acceptors (Lipinski definition) is 4. The minimum Gasteiger partial charge on any atom is -0.496 e. The predicted octanol–water partition coefficient (Wildman–Crippen LogP) is 3.79. The first-order valence-electron chi connectivity index (χ1n) is 6.54. The highest BCUT2D eigenvalue weighted by molar-refractivity contribution is 7.10. The Kier molecular flexibility index (Phi) is 4.56. The summed E-state index contributed by atoms with van der Waals surface area (Å²) in [5, 5.41) is 3.00. The van der Waals surface area contributed by atoms with E-state index in [-0.39, 0.29) is 6.04 Å². The highest BCUT2D eigenvalue weighted by atomic mass is 32.1. The number of nitrogens with two attached hydrogens (primary N) is 1. The Hall–Kier alpha value is -1.39. The van der Waals surface area contributed by atoms with E-state index < -0.39 is 0 Å². The Bertz CT molecular complexity index is 549. The molecule has 0 amide bonds. The van der Waals surface area contributed by atoms with Crippen molar-refractivity contribution < 1.29 is 4.74 Å². The number of ether oxygens (including phenoxy) is 1. The van der Waals surface area contributed by atoms with Crippen LogP contribution in [0.2, 0.25) is 0 Å². The van der Waals surface area contributed by atoms with Crippen LogP contribution in [-0.2, 0) is 6.42 Å². The molecule has 0 radical (unpaired) electrons. The van der Waals surface area contributed by atoms with Gasteiger partial charge >= 0.3 is 0 Å². The zero-order valence-electron chi connectivity index (χ0n) is 11.6. The molecule has 0 bridgehead atoms. The molecule has 1 aromatic heterocycles. The first kappa shape index (κ1) is 14.0. The van der Waals surface area contributed by atoms with Crippen LogP contribution in [0, 0.1) is 0 Å². The molecular formula is C15H20N2OS. The maximum atomic E-state index is 5.87. The van der Waals surface area contributed by atoms with Gasteiger partial charge in [-0.15, -0.1) is 11.3 Å². The van der Waals surface area contributed by atoms with Gasteiger partial charge in [-0.3, -0.25) is 0 Å². The Balaban J connectivity index is 2.42. The highest BCUT2D eigenvalue weighted by Crippen LogP contribution is 2.33. The molecule has 1 atom stereocenters. The fourth-order valence-corrected chi connectivity index (χ4v) is 2.80. The van der Waals surface area contributed by atoms with E-state index in [9.17, 15) is 0 Å². The van der Waals surface area contributed by atoms with Crippen molar-refractivity contribution in [1.82, 2.24) is 4.98 Å². The zero-order chi connectivity index (χ0) is 13.8. The highest BCUT2D eigenvalue weighted by Gasteiger charge is 2.12. The van der Waals surface area contributed by atoms with Crippen LogP contribution >= 0.6 is 11.3 Å². The number of thiazole rings is 1.